The van der Waals surface area contributed by atoms with E-state index in [4.69, 9.17) is 0 Å². The van der Waals surface area contributed by atoms with Crippen LogP contribution in [0.2, 0.25) is 0 Å². The summed E-state index contributed by atoms with van der Waals surface area (Å²) < 4.78 is 0. The Morgan fingerprint density at radius 2 is 0.600 bits per heavy atom. The molecule has 0 aliphatic rings. The molecule has 0 rings (SSSR count). The maximum atomic E-state index is 0. The van der Waals surface area contributed by atoms with Gasteiger partial charge in [0.05, 0.1) is 0 Å². The van der Waals surface area contributed by atoms with Gasteiger partial charge >= 0.3 is 0 Å². The van der Waals surface area contributed by atoms with Gasteiger partial charge in [0.2, 0.25) is 0 Å². The predicted molar refractivity (Wildman–Crippen MR) is 26.5 cm³/mol. The molecule has 5 heavy (non-hydrogen) atoms. The fourth-order valence-corrected chi connectivity index (χ4v) is 0. The summed E-state index contributed by atoms with van der Waals surface area (Å²) in [4.78, 5) is 0. The first-order valence-corrected chi connectivity index (χ1v) is 0. The fourth-order valence-electron chi connectivity index (χ4n) is 0. The minimum Gasteiger partial charge on any atom is -0.412 e. The Bertz CT molecular complexity index is 6.85. The Labute approximate surface area is 51.7 Å². The summed E-state index contributed by atoms with van der Waals surface area (Å²) in [5.74, 6) is 0. The summed E-state index contributed by atoms with van der Waals surface area (Å²) in [6.07, 6.45) is 0. The molecule has 5 heteroatoms. The van der Waals surface area contributed by atoms with E-state index in [9.17, 15) is 0 Å². The Morgan fingerprint density at radius 3 is 0.600 bits per heavy atom. The molecule has 0 aliphatic carbocycles. The first kappa shape index (κ1) is 176. The Morgan fingerprint density at radius 1 is 0.600 bits per heavy atom. The van der Waals surface area contributed by atoms with Crippen molar-refractivity contribution in [3.63, 3.8) is 0 Å². The molecule has 35 valence electrons. The molecule has 3 nitrogen and oxygen atoms in total. The van der Waals surface area contributed by atoms with Crippen molar-refractivity contribution < 1.29 is 16.4 Å². The van der Waals surface area contributed by atoms with E-state index in [0.29, 0.717) is 0 Å². The van der Waals surface area contributed by atoms with Crippen LogP contribution in [0, 0.1) is 0 Å². The average molecular weight is 204 g/mol. The number of hydrogen-bond acceptors (Lipinski definition) is 0. The minimum absolute atomic E-state index is 0. The van der Waals surface area contributed by atoms with E-state index in [1.807, 2.05) is 0 Å². The molecule has 0 aromatic rings. The van der Waals surface area contributed by atoms with Crippen molar-refractivity contribution in [1.82, 2.24) is 0 Å². The summed E-state index contributed by atoms with van der Waals surface area (Å²) in [5, 5.41) is 0. The van der Waals surface area contributed by atoms with Gasteiger partial charge in [0, 0.05) is 23.9 Å². The van der Waals surface area contributed by atoms with Crippen LogP contribution in [0.25, 0.3) is 0 Å². The Kier molecular flexibility index (Phi) is 3260. The molecule has 0 aromatic carbocycles. The van der Waals surface area contributed by atoms with Crippen molar-refractivity contribution >= 4 is 34.9 Å². The van der Waals surface area contributed by atoms with Crippen molar-refractivity contribution in [2.45, 2.75) is 0 Å². The summed E-state index contributed by atoms with van der Waals surface area (Å²) >= 11 is 0. The van der Waals surface area contributed by atoms with Crippen LogP contribution in [0.1, 0.15) is 0 Å². The molecular weight excluding hydrogens is 195 g/mol. The van der Waals surface area contributed by atoms with E-state index in [0.717, 1.165) is 0 Å². The van der Waals surface area contributed by atoms with Crippen LogP contribution in [-0.2, 0) is 0 Å². The van der Waals surface area contributed by atoms with Crippen LogP contribution in [0.5, 0.6) is 0 Å². The first-order chi connectivity index (χ1) is 0. The van der Waals surface area contributed by atoms with Gasteiger partial charge in [-0.05, 0) is 11.0 Å². The van der Waals surface area contributed by atoms with Gasteiger partial charge in [-0.3, -0.25) is 0 Å². The maximum absolute atomic E-state index is 0. The molecule has 0 atom stereocenters. The maximum Gasteiger partial charge on any atom is 0 e. The number of hydrogen-bond donors (Lipinski definition) is 0. The third-order valence-corrected chi connectivity index (χ3v) is 0. The van der Waals surface area contributed by atoms with Gasteiger partial charge in [-0.25, -0.2) is 0 Å². The summed E-state index contributed by atoms with van der Waals surface area (Å²) in [6, 6.07) is 0. The Balaban J connectivity index is 0. The minimum atomic E-state index is 0. The Hall–Kier alpha value is 0.896. The molecule has 0 heterocycles. The monoisotopic (exact) mass is 205 g/mol. The summed E-state index contributed by atoms with van der Waals surface area (Å²) in [6.45, 7) is 0. The van der Waals surface area contributed by atoms with Crippen molar-refractivity contribution in [3.8, 4) is 0 Å². The molecule has 0 spiro atoms. The second-order valence-corrected chi connectivity index (χ2v) is 0. The third kappa shape index (κ3) is 51.2. The third-order valence-electron chi connectivity index (χ3n) is 0. The van der Waals surface area contributed by atoms with Crippen LogP contribution < -0.4 is 0 Å². The topological polar surface area (TPSA) is 94.5 Å². The largest absolute Gasteiger partial charge is 0.412 e. The molecule has 0 fully saturated rings. The van der Waals surface area contributed by atoms with Crippen LogP contribution in [-0.4, -0.2) is 51.3 Å². The second kappa shape index (κ2) is 92.6. The molecule has 0 aromatic heterocycles. The van der Waals surface area contributed by atoms with E-state index in [1.165, 1.54) is 0 Å². The van der Waals surface area contributed by atoms with Crippen LogP contribution in [0.4, 0.5) is 0 Å². The number of rotatable bonds is 0. The first-order valence-electron chi connectivity index (χ1n) is 0. The van der Waals surface area contributed by atoms with Crippen LogP contribution in [0.3, 0.4) is 0 Å². The van der Waals surface area contributed by atoms with E-state index < -0.39 is 0 Å². The van der Waals surface area contributed by atoms with Gasteiger partial charge in [-0.1, -0.05) is 0 Å². The van der Waals surface area contributed by atoms with Gasteiger partial charge in [-0.2, -0.15) is 0 Å². The van der Waals surface area contributed by atoms with Crippen molar-refractivity contribution in [2.75, 3.05) is 0 Å². The SMILES string of the molecule is O.O.O.[SiH3].[Sn]. The van der Waals surface area contributed by atoms with Gasteiger partial charge in [0.1, 0.15) is 0 Å². The van der Waals surface area contributed by atoms with Gasteiger partial charge in [-0.15, -0.1) is 0 Å². The average Bonchev–Trinajstić information content (AvgIpc) is 0. The second-order valence-electron chi connectivity index (χ2n) is 0. The van der Waals surface area contributed by atoms with E-state index in [-0.39, 0.29) is 51.3 Å². The van der Waals surface area contributed by atoms with Crippen molar-refractivity contribution in [1.29, 1.82) is 0 Å². The zero-order valence-electron chi connectivity index (χ0n) is 3.00. The zero-order valence-corrected chi connectivity index (χ0v) is 7.85. The van der Waals surface area contributed by atoms with E-state index in [2.05, 4.69) is 0 Å². The van der Waals surface area contributed by atoms with Crippen molar-refractivity contribution in [2.24, 2.45) is 0 Å². The molecule has 0 saturated carbocycles. The molecule has 0 amide bonds. The molecule has 6 N–H and O–H groups in total. The molecular formula is H9O3SiSn. The molecule has 0 unspecified atom stereocenters. The molecule has 0 saturated heterocycles. The quantitative estimate of drug-likeness (QED) is 0.359. The van der Waals surface area contributed by atoms with Crippen LogP contribution in [0.15, 0.2) is 0 Å². The smallest absolute Gasteiger partial charge is 0 e. The molecule has 0 aliphatic heterocycles. The standard InChI is InChI=1S/3H2O.H3Si.Sn/h3*1H2;1H3;. The normalized spacial score (nSPS) is 0. The summed E-state index contributed by atoms with van der Waals surface area (Å²) in [5.41, 5.74) is 0. The zero-order chi connectivity index (χ0) is 0. The van der Waals surface area contributed by atoms with E-state index in [1.54, 1.807) is 0 Å². The fraction of sp³-hybridized carbons (Fsp3) is 0. The van der Waals surface area contributed by atoms with Gasteiger partial charge in [0.25, 0.3) is 0 Å². The summed E-state index contributed by atoms with van der Waals surface area (Å²) in [7, 11) is 0. The van der Waals surface area contributed by atoms with Gasteiger partial charge in [0.15, 0.2) is 0 Å². The van der Waals surface area contributed by atoms with Gasteiger partial charge < -0.3 is 16.4 Å². The molecule has 5 radical (unpaired) electrons. The van der Waals surface area contributed by atoms with Crippen molar-refractivity contribution in [3.05, 3.63) is 0 Å². The van der Waals surface area contributed by atoms with Crippen LogP contribution >= 0.6 is 0 Å². The molecule has 0 bridgehead atoms. The van der Waals surface area contributed by atoms with E-state index >= 15 is 0 Å². The predicted octanol–water partition coefficient (Wildman–Crippen LogP) is -4.04.